The van der Waals surface area contributed by atoms with Crippen molar-refractivity contribution in [2.45, 2.75) is 0 Å². The van der Waals surface area contributed by atoms with E-state index in [9.17, 15) is 13.7 Å². The maximum absolute atomic E-state index is 12.5. The molecule has 0 saturated carbocycles. The van der Waals surface area contributed by atoms with Crippen LogP contribution in [0.4, 0.5) is 14.5 Å². The minimum absolute atomic E-state index is 0.294. The van der Waals surface area contributed by atoms with Crippen molar-refractivity contribution < 1.29 is 8.78 Å². The molecule has 2 radical (unpaired) electrons. The van der Waals surface area contributed by atoms with E-state index in [0.29, 0.717) is 6.07 Å². The lowest BCUT2D eigenvalue weighted by atomic mass is 9.94. The van der Waals surface area contributed by atoms with Crippen LogP contribution in [0.2, 0.25) is 0 Å². The van der Waals surface area contributed by atoms with Gasteiger partial charge in [-0.2, -0.15) is 0 Å². The molecule has 1 rings (SSSR count). The Kier molecular flexibility index (Phi) is 1.98. The molecule has 5 heteroatoms. The molecule has 1 aromatic carbocycles. The van der Waals surface area contributed by atoms with Gasteiger partial charge in [-0.1, -0.05) is 5.46 Å². The summed E-state index contributed by atoms with van der Waals surface area (Å²) < 4.78 is 24.8. The molecule has 2 nitrogen and oxygen atoms in total. The van der Waals surface area contributed by atoms with Gasteiger partial charge in [-0.15, -0.1) is 4.91 Å². The fourth-order valence-corrected chi connectivity index (χ4v) is 0.682. The molecule has 0 fully saturated rings. The fraction of sp³-hybridized carbons (Fsp3) is 0. The first-order valence-corrected chi connectivity index (χ1v) is 2.73. The monoisotopic (exact) mass is 153 g/mol. The first-order chi connectivity index (χ1) is 5.15. The third-order valence-electron chi connectivity index (χ3n) is 1.15. The van der Waals surface area contributed by atoms with Crippen molar-refractivity contribution in [3.05, 3.63) is 28.7 Å². The number of halogens is 2. The van der Waals surface area contributed by atoms with E-state index in [4.69, 9.17) is 7.85 Å². The van der Waals surface area contributed by atoms with Crippen molar-refractivity contribution in [3.8, 4) is 0 Å². The summed E-state index contributed by atoms with van der Waals surface area (Å²) in [6.07, 6.45) is 0. The Hall–Kier alpha value is -1.26. The summed E-state index contributed by atoms with van der Waals surface area (Å²) in [6.45, 7) is 0. The number of nitrogens with zero attached hydrogens (tertiary/aromatic N) is 1. The molecule has 0 heterocycles. The molecule has 0 N–H and O–H groups in total. The zero-order valence-corrected chi connectivity index (χ0v) is 5.34. The lowest BCUT2D eigenvalue weighted by molar-refractivity contribution is 0.586. The molecule has 0 spiro atoms. The molecule has 54 valence electrons. The molecule has 1 aromatic rings. The van der Waals surface area contributed by atoms with Crippen LogP contribution >= 0.6 is 0 Å². The molecule has 0 aliphatic rings. The van der Waals surface area contributed by atoms with Crippen LogP contribution in [0.5, 0.6) is 0 Å². The molecule has 0 amide bonds. The first-order valence-electron chi connectivity index (χ1n) is 2.73. The van der Waals surface area contributed by atoms with Crippen molar-refractivity contribution in [1.29, 1.82) is 0 Å². The van der Waals surface area contributed by atoms with Crippen LogP contribution in [0.1, 0.15) is 0 Å². The Labute approximate surface area is 62.6 Å². The van der Waals surface area contributed by atoms with E-state index in [-0.39, 0.29) is 5.46 Å². The molecule has 0 aromatic heterocycles. The van der Waals surface area contributed by atoms with Gasteiger partial charge in [-0.25, -0.2) is 8.78 Å². The second-order valence-corrected chi connectivity index (χ2v) is 1.92. The maximum atomic E-state index is 12.5. The van der Waals surface area contributed by atoms with Crippen molar-refractivity contribution in [1.82, 2.24) is 0 Å². The van der Waals surface area contributed by atoms with Crippen LogP contribution in [0.3, 0.4) is 0 Å². The topological polar surface area (TPSA) is 29.4 Å². The second-order valence-electron chi connectivity index (χ2n) is 1.92. The predicted molar refractivity (Wildman–Crippen MR) is 37.2 cm³/mol. The maximum Gasteiger partial charge on any atom is 0.154 e. The summed E-state index contributed by atoms with van der Waals surface area (Å²) in [5.74, 6) is -1.87. The molecule has 0 bridgehead atoms. The number of hydrogen-bond acceptors (Lipinski definition) is 2. The third kappa shape index (κ3) is 1.42. The zero-order chi connectivity index (χ0) is 8.43. The number of hydrogen-bond donors (Lipinski definition) is 0. The quantitative estimate of drug-likeness (QED) is 0.439. The SMILES string of the molecule is [B]c1cc(F)cc(F)c1N=O. The Morgan fingerprint density at radius 3 is 2.45 bits per heavy atom. The normalized spacial score (nSPS) is 9.64. The van der Waals surface area contributed by atoms with Gasteiger partial charge in [0.25, 0.3) is 0 Å². The van der Waals surface area contributed by atoms with E-state index in [1.807, 2.05) is 0 Å². The van der Waals surface area contributed by atoms with E-state index in [2.05, 4.69) is 5.18 Å². The Morgan fingerprint density at radius 2 is 2.00 bits per heavy atom. The smallest absolute Gasteiger partial charge is 0.154 e. The molecule has 11 heavy (non-hydrogen) atoms. The van der Waals surface area contributed by atoms with Crippen molar-refractivity contribution in [2.24, 2.45) is 5.18 Å². The molecule has 0 atom stereocenters. The van der Waals surface area contributed by atoms with E-state index < -0.39 is 17.3 Å². The van der Waals surface area contributed by atoms with Crippen molar-refractivity contribution >= 4 is 19.0 Å². The summed E-state index contributed by atoms with van der Waals surface area (Å²) in [5, 5.41) is 2.29. The Morgan fingerprint density at radius 1 is 1.36 bits per heavy atom. The van der Waals surface area contributed by atoms with E-state index in [1.165, 1.54) is 0 Å². The van der Waals surface area contributed by atoms with Gasteiger partial charge in [0.05, 0.1) is 0 Å². The average Bonchev–Trinajstić information content (AvgIpc) is 1.85. The van der Waals surface area contributed by atoms with Gasteiger partial charge in [0, 0.05) is 6.07 Å². The zero-order valence-electron chi connectivity index (χ0n) is 5.34. The Bertz CT molecular complexity index is 280. The van der Waals surface area contributed by atoms with Gasteiger partial charge >= 0.3 is 0 Å². The fourth-order valence-electron chi connectivity index (χ4n) is 0.682. The van der Waals surface area contributed by atoms with E-state index >= 15 is 0 Å². The van der Waals surface area contributed by atoms with Gasteiger partial charge in [0.2, 0.25) is 0 Å². The van der Waals surface area contributed by atoms with Gasteiger partial charge in [0.1, 0.15) is 19.4 Å². The van der Waals surface area contributed by atoms with Gasteiger partial charge in [-0.05, 0) is 11.2 Å². The summed E-state index contributed by atoms with van der Waals surface area (Å²) in [4.78, 5) is 9.87. The van der Waals surface area contributed by atoms with Crippen LogP contribution in [-0.2, 0) is 0 Å². The van der Waals surface area contributed by atoms with E-state index in [1.54, 1.807) is 0 Å². The Balaban J connectivity index is 3.36. The van der Waals surface area contributed by atoms with Crippen molar-refractivity contribution in [3.63, 3.8) is 0 Å². The standard InChI is InChI=1S/C6H2BF2NO/c7-4-1-3(8)2-5(9)6(4)10-11/h1-2H. The predicted octanol–water partition coefficient (Wildman–Crippen LogP) is 1.16. The van der Waals surface area contributed by atoms with Crippen LogP contribution in [0, 0.1) is 16.5 Å². The highest BCUT2D eigenvalue weighted by molar-refractivity contribution is 6.35. The first kappa shape index (κ1) is 7.85. The molecular weight excluding hydrogens is 151 g/mol. The van der Waals surface area contributed by atoms with E-state index in [0.717, 1.165) is 6.07 Å². The van der Waals surface area contributed by atoms with Crippen LogP contribution < -0.4 is 5.46 Å². The molecule has 0 aliphatic carbocycles. The third-order valence-corrected chi connectivity index (χ3v) is 1.15. The van der Waals surface area contributed by atoms with Crippen molar-refractivity contribution in [2.75, 3.05) is 0 Å². The molecule has 0 saturated heterocycles. The van der Waals surface area contributed by atoms with Crippen LogP contribution in [0.25, 0.3) is 0 Å². The average molecular weight is 153 g/mol. The summed E-state index contributed by atoms with van der Waals surface area (Å²) in [5.41, 5.74) is -0.844. The molecular formula is C6H2BF2NO. The molecule has 0 unspecified atom stereocenters. The largest absolute Gasteiger partial charge is 0.207 e. The lowest BCUT2D eigenvalue weighted by Gasteiger charge is -1.97. The van der Waals surface area contributed by atoms with Gasteiger partial charge < -0.3 is 0 Å². The lowest BCUT2D eigenvalue weighted by Crippen LogP contribution is -2.05. The number of benzene rings is 1. The second kappa shape index (κ2) is 2.78. The van der Waals surface area contributed by atoms with Gasteiger partial charge in [0.15, 0.2) is 5.82 Å². The summed E-state index contributed by atoms with van der Waals surface area (Å²) in [6, 6.07) is 1.38. The highest BCUT2D eigenvalue weighted by atomic mass is 19.1. The minimum atomic E-state index is -1.04. The highest BCUT2D eigenvalue weighted by Gasteiger charge is 2.07. The minimum Gasteiger partial charge on any atom is -0.207 e. The molecule has 0 aliphatic heterocycles. The summed E-state index contributed by atoms with van der Waals surface area (Å²) >= 11 is 0. The van der Waals surface area contributed by atoms with Crippen LogP contribution in [-0.4, -0.2) is 7.85 Å². The van der Waals surface area contributed by atoms with Crippen LogP contribution in [0.15, 0.2) is 17.3 Å². The number of rotatable bonds is 1. The summed E-state index contributed by atoms with van der Waals surface area (Å²) in [7, 11) is 5.06. The highest BCUT2D eigenvalue weighted by Crippen LogP contribution is 2.14. The van der Waals surface area contributed by atoms with Gasteiger partial charge in [-0.3, -0.25) is 0 Å². The number of nitroso groups, excluding NO2 is 1.